The van der Waals surface area contributed by atoms with Crippen LogP contribution in [0.5, 0.6) is 0 Å². The van der Waals surface area contributed by atoms with E-state index in [9.17, 15) is 4.79 Å². The van der Waals surface area contributed by atoms with Crippen LogP contribution >= 0.6 is 11.6 Å². The number of halogens is 1. The van der Waals surface area contributed by atoms with E-state index >= 15 is 0 Å². The summed E-state index contributed by atoms with van der Waals surface area (Å²) in [5.74, 6) is -0.213. The summed E-state index contributed by atoms with van der Waals surface area (Å²) in [6, 6.07) is 5.37. The molecular weight excluding hydrogens is 250 g/mol. The van der Waals surface area contributed by atoms with Crippen LogP contribution in [0.2, 0.25) is 5.02 Å². The zero-order valence-corrected chi connectivity index (χ0v) is 12.0. The summed E-state index contributed by atoms with van der Waals surface area (Å²) in [4.78, 5) is 14.0. The monoisotopic (exact) mass is 269 g/mol. The second-order valence-corrected chi connectivity index (χ2v) is 5.22. The first-order valence-electron chi connectivity index (χ1n) is 5.85. The molecule has 1 unspecified atom stereocenters. The van der Waals surface area contributed by atoms with Crippen LogP contribution in [0.25, 0.3) is 0 Å². The Labute approximate surface area is 113 Å². The van der Waals surface area contributed by atoms with Gasteiger partial charge in [-0.25, -0.2) is 0 Å². The Balaban J connectivity index is 3.03. The van der Waals surface area contributed by atoms with Crippen molar-refractivity contribution in [3.8, 4) is 0 Å². The Kier molecular flexibility index (Phi) is 4.59. The molecule has 0 aromatic heterocycles. The van der Waals surface area contributed by atoms with Gasteiger partial charge < -0.3 is 16.0 Å². The molecule has 18 heavy (non-hydrogen) atoms. The van der Waals surface area contributed by atoms with E-state index in [1.807, 2.05) is 32.0 Å². The molecule has 1 atom stereocenters. The maximum absolute atomic E-state index is 12.1. The molecule has 0 bridgehead atoms. The molecule has 1 amide bonds. The average molecular weight is 270 g/mol. The number of rotatable bonds is 4. The van der Waals surface area contributed by atoms with Gasteiger partial charge in [-0.05, 0) is 31.5 Å². The van der Waals surface area contributed by atoms with Gasteiger partial charge in [-0.3, -0.25) is 4.79 Å². The van der Waals surface area contributed by atoms with Crippen LogP contribution < -0.4 is 16.0 Å². The SMILES string of the molecule is CCC(C)(N)C(=O)Nc1cc(Cl)ccc1N(C)C. The van der Waals surface area contributed by atoms with Gasteiger partial charge in [-0.2, -0.15) is 0 Å². The average Bonchev–Trinajstić information content (AvgIpc) is 2.28. The molecule has 0 aliphatic rings. The Bertz CT molecular complexity index is 444. The van der Waals surface area contributed by atoms with Crippen molar-refractivity contribution in [3.63, 3.8) is 0 Å². The lowest BCUT2D eigenvalue weighted by molar-refractivity contribution is -0.120. The van der Waals surface area contributed by atoms with Gasteiger partial charge >= 0.3 is 0 Å². The molecule has 1 rings (SSSR count). The number of carbonyl (C=O) groups excluding carboxylic acids is 1. The largest absolute Gasteiger partial charge is 0.376 e. The Hall–Kier alpha value is -1.26. The summed E-state index contributed by atoms with van der Waals surface area (Å²) in [5.41, 5.74) is 6.59. The van der Waals surface area contributed by atoms with Crippen LogP contribution in [0.4, 0.5) is 11.4 Å². The van der Waals surface area contributed by atoms with E-state index in [0.717, 1.165) is 5.69 Å². The summed E-state index contributed by atoms with van der Waals surface area (Å²) < 4.78 is 0. The smallest absolute Gasteiger partial charge is 0.244 e. The lowest BCUT2D eigenvalue weighted by atomic mass is 9.99. The number of nitrogens with one attached hydrogen (secondary N) is 1. The number of nitrogens with two attached hydrogens (primary N) is 1. The maximum Gasteiger partial charge on any atom is 0.244 e. The van der Waals surface area contributed by atoms with Gasteiger partial charge in [0.1, 0.15) is 0 Å². The molecule has 0 aliphatic carbocycles. The van der Waals surface area contributed by atoms with Crippen molar-refractivity contribution in [2.75, 3.05) is 24.3 Å². The minimum absolute atomic E-state index is 0.213. The fraction of sp³-hybridized carbons (Fsp3) is 0.462. The Morgan fingerprint density at radius 2 is 2.11 bits per heavy atom. The number of hydrogen-bond donors (Lipinski definition) is 2. The van der Waals surface area contributed by atoms with E-state index in [2.05, 4.69) is 5.32 Å². The molecule has 0 heterocycles. The lowest BCUT2D eigenvalue weighted by Gasteiger charge is -2.24. The summed E-state index contributed by atoms with van der Waals surface area (Å²) in [6.45, 7) is 3.59. The molecule has 0 radical (unpaired) electrons. The number of anilines is 2. The van der Waals surface area contributed by atoms with Crippen LogP contribution in [0.15, 0.2) is 18.2 Å². The number of benzene rings is 1. The maximum atomic E-state index is 12.1. The van der Waals surface area contributed by atoms with E-state index in [0.29, 0.717) is 17.1 Å². The molecule has 3 N–H and O–H groups in total. The van der Waals surface area contributed by atoms with Crippen LogP contribution in [0, 0.1) is 0 Å². The lowest BCUT2D eigenvalue weighted by Crippen LogP contribution is -2.47. The van der Waals surface area contributed by atoms with Gasteiger partial charge in [0, 0.05) is 19.1 Å². The molecule has 0 saturated heterocycles. The minimum atomic E-state index is -0.883. The van der Waals surface area contributed by atoms with Crippen LogP contribution in [-0.2, 0) is 4.79 Å². The van der Waals surface area contributed by atoms with Crippen molar-refractivity contribution in [2.45, 2.75) is 25.8 Å². The standard InChI is InChI=1S/C13H20ClN3O/c1-5-13(2,15)12(18)16-10-8-9(14)6-7-11(10)17(3)4/h6-8H,5,15H2,1-4H3,(H,16,18). The van der Waals surface area contributed by atoms with Gasteiger partial charge in [0.15, 0.2) is 0 Å². The molecular formula is C13H20ClN3O. The van der Waals surface area contributed by atoms with E-state index in [1.54, 1.807) is 19.1 Å². The molecule has 1 aromatic carbocycles. The molecule has 100 valence electrons. The van der Waals surface area contributed by atoms with Gasteiger partial charge in [0.2, 0.25) is 5.91 Å². The third-order valence-corrected chi connectivity index (χ3v) is 3.18. The first-order chi connectivity index (χ1) is 8.27. The van der Waals surface area contributed by atoms with Crippen molar-refractivity contribution in [1.82, 2.24) is 0 Å². The van der Waals surface area contributed by atoms with E-state index in [-0.39, 0.29) is 5.91 Å². The van der Waals surface area contributed by atoms with Crippen molar-refractivity contribution < 1.29 is 4.79 Å². The predicted molar refractivity (Wildman–Crippen MR) is 77.3 cm³/mol. The van der Waals surface area contributed by atoms with Crippen LogP contribution in [-0.4, -0.2) is 25.5 Å². The highest BCUT2D eigenvalue weighted by Gasteiger charge is 2.26. The normalized spacial score (nSPS) is 13.9. The molecule has 0 spiro atoms. The van der Waals surface area contributed by atoms with Gasteiger partial charge in [-0.1, -0.05) is 18.5 Å². The first-order valence-corrected chi connectivity index (χ1v) is 6.23. The van der Waals surface area contributed by atoms with Crippen molar-refractivity contribution in [3.05, 3.63) is 23.2 Å². The van der Waals surface area contributed by atoms with Gasteiger partial charge in [0.25, 0.3) is 0 Å². The van der Waals surface area contributed by atoms with Gasteiger partial charge in [0.05, 0.1) is 16.9 Å². The highest BCUT2D eigenvalue weighted by atomic mass is 35.5. The zero-order chi connectivity index (χ0) is 13.9. The number of amides is 1. The number of nitrogens with zero attached hydrogens (tertiary/aromatic N) is 1. The molecule has 0 aliphatic heterocycles. The number of hydrogen-bond acceptors (Lipinski definition) is 3. The third-order valence-electron chi connectivity index (χ3n) is 2.94. The second kappa shape index (κ2) is 5.59. The van der Waals surface area contributed by atoms with Crippen molar-refractivity contribution in [1.29, 1.82) is 0 Å². The quantitative estimate of drug-likeness (QED) is 0.883. The van der Waals surface area contributed by atoms with Crippen LogP contribution in [0.3, 0.4) is 0 Å². The topological polar surface area (TPSA) is 58.4 Å². The summed E-state index contributed by atoms with van der Waals surface area (Å²) in [6.07, 6.45) is 0.566. The van der Waals surface area contributed by atoms with Gasteiger partial charge in [-0.15, -0.1) is 0 Å². The summed E-state index contributed by atoms with van der Waals surface area (Å²) in [5, 5.41) is 3.41. The van der Waals surface area contributed by atoms with E-state index in [4.69, 9.17) is 17.3 Å². The molecule has 4 nitrogen and oxygen atoms in total. The molecule has 1 aromatic rings. The third kappa shape index (κ3) is 3.37. The Morgan fingerprint density at radius 1 is 1.50 bits per heavy atom. The fourth-order valence-electron chi connectivity index (χ4n) is 1.42. The fourth-order valence-corrected chi connectivity index (χ4v) is 1.60. The summed E-state index contributed by atoms with van der Waals surface area (Å²) in [7, 11) is 3.81. The van der Waals surface area contributed by atoms with E-state index in [1.165, 1.54) is 0 Å². The molecule has 0 fully saturated rings. The first kappa shape index (κ1) is 14.8. The molecule has 5 heteroatoms. The predicted octanol–water partition coefficient (Wildman–Crippen LogP) is 2.47. The van der Waals surface area contributed by atoms with Crippen molar-refractivity contribution in [2.24, 2.45) is 5.73 Å². The molecule has 0 saturated carbocycles. The minimum Gasteiger partial charge on any atom is -0.376 e. The van der Waals surface area contributed by atoms with Crippen LogP contribution in [0.1, 0.15) is 20.3 Å². The number of carbonyl (C=O) groups is 1. The van der Waals surface area contributed by atoms with Crippen molar-refractivity contribution >= 4 is 28.9 Å². The highest BCUT2D eigenvalue weighted by Crippen LogP contribution is 2.28. The highest BCUT2D eigenvalue weighted by molar-refractivity contribution is 6.31. The summed E-state index contributed by atoms with van der Waals surface area (Å²) >= 11 is 5.95. The zero-order valence-electron chi connectivity index (χ0n) is 11.2. The van der Waals surface area contributed by atoms with E-state index < -0.39 is 5.54 Å². The second-order valence-electron chi connectivity index (χ2n) is 4.78. The Morgan fingerprint density at radius 3 is 2.61 bits per heavy atom.